The second-order valence-electron chi connectivity index (χ2n) is 4.39. The van der Waals surface area contributed by atoms with E-state index in [9.17, 15) is 14.4 Å². The first-order valence-electron chi connectivity index (χ1n) is 6.04. The molecule has 0 heterocycles. The van der Waals surface area contributed by atoms with Gasteiger partial charge in [-0.3, -0.25) is 14.4 Å². The van der Waals surface area contributed by atoms with Gasteiger partial charge in [0.15, 0.2) is 0 Å². The summed E-state index contributed by atoms with van der Waals surface area (Å²) in [4.78, 5) is 35.4. The fourth-order valence-corrected chi connectivity index (χ4v) is 1.60. The zero-order valence-corrected chi connectivity index (χ0v) is 11.2. The molecule has 0 radical (unpaired) electrons. The molecule has 1 aromatic carbocycles. The molecule has 7 nitrogen and oxygen atoms in total. The maximum absolute atomic E-state index is 11.8. The molecule has 1 unspecified atom stereocenters. The Morgan fingerprint density at radius 3 is 2.40 bits per heavy atom. The van der Waals surface area contributed by atoms with E-state index < -0.39 is 17.9 Å². The minimum absolute atomic E-state index is 0.153. The van der Waals surface area contributed by atoms with E-state index in [4.69, 9.17) is 11.5 Å². The van der Waals surface area contributed by atoms with Crippen LogP contribution in [0.4, 0.5) is 5.69 Å². The van der Waals surface area contributed by atoms with Crippen molar-refractivity contribution in [1.29, 1.82) is 0 Å². The predicted octanol–water partition coefficient (Wildman–Crippen LogP) is -0.714. The second kappa shape index (κ2) is 7.25. The number of primary amides is 1. The molecule has 0 aliphatic carbocycles. The summed E-state index contributed by atoms with van der Waals surface area (Å²) in [5, 5.41) is 2.64. The van der Waals surface area contributed by atoms with Gasteiger partial charge in [0.05, 0.1) is 19.0 Å². The fraction of sp³-hybridized carbons (Fsp3) is 0.308. The number of nitrogens with two attached hydrogens (primary N) is 2. The zero-order chi connectivity index (χ0) is 15.1. The average molecular weight is 278 g/mol. The standard InChI is InChI=1S/C13H18N4O3/c1-17(13(20)10(14)7-11(15)18)8-12(19)16-9-5-3-2-4-6-9/h2-6,10H,7-8,14H2,1H3,(H2,15,18)(H,16,19). The Kier molecular flexibility index (Phi) is 5.67. The number of carbonyl (C=O) groups is 3. The summed E-state index contributed by atoms with van der Waals surface area (Å²) in [5.41, 5.74) is 11.1. The Balaban J connectivity index is 2.49. The van der Waals surface area contributed by atoms with E-state index in [0.717, 1.165) is 4.90 Å². The molecule has 0 spiro atoms. The van der Waals surface area contributed by atoms with Crippen molar-refractivity contribution in [2.45, 2.75) is 12.5 Å². The van der Waals surface area contributed by atoms with E-state index in [1.165, 1.54) is 7.05 Å². The van der Waals surface area contributed by atoms with Crippen molar-refractivity contribution in [2.24, 2.45) is 11.5 Å². The maximum atomic E-state index is 11.8. The minimum atomic E-state index is -1.03. The number of anilines is 1. The van der Waals surface area contributed by atoms with E-state index in [1.807, 2.05) is 6.07 Å². The first-order valence-corrected chi connectivity index (χ1v) is 6.04. The van der Waals surface area contributed by atoms with Crippen LogP contribution < -0.4 is 16.8 Å². The van der Waals surface area contributed by atoms with E-state index >= 15 is 0 Å². The smallest absolute Gasteiger partial charge is 0.243 e. The number of hydrogen-bond acceptors (Lipinski definition) is 4. The Labute approximate surface area is 116 Å². The van der Waals surface area contributed by atoms with Crippen LogP contribution in [0, 0.1) is 0 Å². The number of carbonyl (C=O) groups excluding carboxylic acids is 3. The lowest BCUT2D eigenvalue weighted by atomic mass is 10.2. The normalized spacial score (nSPS) is 11.5. The number of benzene rings is 1. The van der Waals surface area contributed by atoms with Crippen LogP contribution >= 0.6 is 0 Å². The lowest BCUT2D eigenvalue weighted by Gasteiger charge is -2.20. The summed E-state index contributed by atoms with van der Waals surface area (Å²) < 4.78 is 0. The van der Waals surface area contributed by atoms with Crippen LogP contribution in [0.1, 0.15) is 6.42 Å². The second-order valence-corrected chi connectivity index (χ2v) is 4.39. The molecule has 0 aliphatic heterocycles. The molecule has 1 aromatic rings. The summed E-state index contributed by atoms with van der Waals surface area (Å²) in [6.07, 6.45) is -0.247. The molecule has 0 aromatic heterocycles. The average Bonchev–Trinajstić information content (AvgIpc) is 2.37. The molecule has 7 heteroatoms. The van der Waals surface area contributed by atoms with Gasteiger partial charge >= 0.3 is 0 Å². The lowest BCUT2D eigenvalue weighted by Crippen LogP contribution is -2.46. The fourth-order valence-electron chi connectivity index (χ4n) is 1.60. The lowest BCUT2D eigenvalue weighted by molar-refractivity contribution is -0.135. The van der Waals surface area contributed by atoms with Crippen molar-refractivity contribution < 1.29 is 14.4 Å². The van der Waals surface area contributed by atoms with Gasteiger partial charge in [0, 0.05) is 12.7 Å². The molecule has 0 aliphatic rings. The SMILES string of the molecule is CN(CC(=O)Nc1ccccc1)C(=O)C(N)CC(N)=O. The van der Waals surface area contributed by atoms with Gasteiger partial charge in [-0.15, -0.1) is 0 Å². The summed E-state index contributed by atoms with van der Waals surface area (Å²) in [5.74, 6) is -1.52. The Bertz CT molecular complexity index is 490. The molecule has 5 N–H and O–H groups in total. The van der Waals surface area contributed by atoms with Crippen LogP contribution in [-0.4, -0.2) is 42.3 Å². The van der Waals surface area contributed by atoms with Crippen molar-refractivity contribution in [3.63, 3.8) is 0 Å². The van der Waals surface area contributed by atoms with E-state index in [2.05, 4.69) is 5.32 Å². The molecule has 0 saturated heterocycles. The monoisotopic (exact) mass is 278 g/mol. The highest BCUT2D eigenvalue weighted by atomic mass is 16.2. The molecule has 0 fully saturated rings. The number of hydrogen-bond donors (Lipinski definition) is 3. The van der Waals surface area contributed by atoms with Gasteiger partial charge in [-0.1, -0.05) is 18.2 Å². The topological polar surface area (TPSA) is 119 Å². The van der Waals surface area contributed by atoms with Crippen molar-refractivity contribution >= 4 is 23.4 Å². The third kappa shape index (κ3) is 5.07. The minimum Gasteiger partial charge on any atom is -0.370 e. The van der Waals surface area contributed by atoms with E-state index in [0.29, 0.717) is 5.69 Å². The summed E-state index contributed by atoms with van der Waals surface area (Å²) in [7, 11) is 1.44. The number of likely N-dealkylation sites (N-methyl/N-ethyl adjacent to an activating group) is 1. The van der Waals surface area contributed by atoms with Gasteiger partial charge in [0.2, 0.25) is 17.7 Å². The van der Waals surface area contributed by atoms with Gasteiger partial charge in [0.25, 0.3) is 0 Å². The highest BCUT2D eigenvalue weighted by Crippen LogP contribution is 2.05. The zero-order valence-electron chi connectivity index (χ0n) is 11.2. The molecule has 108 valence electrons. The molecule has 1 atom stereocenters. The van der Waals surface area contributed by atoms with Crippen LogP contribution in [0.3, 0.4) is 0 Å². The largest absolute Gasteiger partial charge is 0.370 e. The van der Waals surface area contributed by atoms with Crippen molar-refractivity contribution in [2.75, 3.05) is 18.9 Å². The van der Waals surface area contributed by atoms with Crippen molar-refractivity contribution in [1.82, 2.24) is 4.90 Å². The molecular weight excluding hydrogens is 260 g/mol. The highest BCUT2D eigenvalue weighted by molar-refractivity contribution is 5.95. The molecule has 1 rings (SSSR count). The first kappa shape index (κ1) is 15.6. The van der Waals surface area contributed by atoms with Crippen LogP contribution in [0.2, 0.25) is 0 Å². The first-order chi connectivity index (χ1) is 9.40. The molecule has 20 heavy (non-hydrogen) atoms. The van der Waals surface area contributed by atoms with E-state index in [1.54, 1.807) is 24.3 Å². The third-order valence-electron chi connectivity index (χ3n) is 2.55. The highest BCUT2D eigenvalue weighted by Gasteiger charge is 2.21. The van der Waals surface area contributed by atoms with Crippen LogP contribution in [-0.2, 0) is 14.4 Å². The van der Waals surface area contributed by atoms with Gasteiger partial charge in [0.1, 0.15) is 0 Å². The number of amides is 3. The quantitative estimate of drug-likeness (QED) is 0.636. The molecular formula is C13H18N4O3. The van der Waals surface area contributed by atoms with Crippen molar-refractivity contribution in [3.8, 4) is 0 Å². The summed E-state index contributed by atoms with van der Waals surface area (Å²) >= 11 is 0. The van der Waals surface area contributed by atoms with Crippen LogP contribution in [0.25, 0.3) is 0 Å². The number of rotatable bonds is 6. The van der Waals surface area contributed by atoms with Gasteiger partial charge in [-0.05, 0) is 12.1 Å². The summed E-state index contributed by atoms with van der Waals surface area (Å²) in [6, 6.07) is 7.84. The van der Waals surface area contributed by atoms with Crippen molar-refractivity contribution in [3.05, 3.63) is 30.3 Å². The molecule has 3 amide bonds. The Morgan fingerprint density at radius 2 is 1.85 bits per heavy atom. The van der Waals surface area contributed by atoms with Crippen LogP contribution in [0.5, 0.6) is 0 Å². The Morgan fingerprint density at radius 1 is 1.25 bits per heavy atom. The molecule has 0 saturated carbocycles. The number of nitrogens with zero attached hydrogens (tertiary/aromatic N) is 1. The number of para-hydroxylation sites is 1. The van der Waals surface area contributed by atoms with Gasteiger partial charge in [-0.2, -0.15) is 0 Å². The van der Waals surface area contributed by atoms with Gasteiger partial charge in [-0.25, -0.2) is 0 Å². The Hall–Kier alpha value is -2.41. The van der Waals surface area contributed by atoms with Crippen LogP contribution in [0.15, 0.2) is 30.3 Å². The van der Waals surface area contributed by atoms with Gasteiger partial charge < -0.3 is 21.7 Å². The summed E-state index contributed by atoms with van der Waals surface area (Å²) in [6.45, 7) is -0.153. The number of nitrogens with one attached hydrogen (secondary N) is 1. The predicted molar refractivity (Wildman–Crippen MR) is 74.5 cm³/mol. The van der Waals surface area contributed by atoms with E-state index in [-0.39, 0.29) is 18.9 Å². The third-order valence-corrected chi connectivity index (χ3v) is 2.55. The maximum Gasteiger partial charge on any atom is 0.243 e. The molecule has 0 bridgehead atoms.